The topological polar surface area (TPSA) is 60.2 Å². The van der Waals surface area contributed by atoms with E-state index in [-0.39, 0.29) is 18.4 Å². The van der Waals surface area contributed by atoms with Crippen LogP contribution in [0.15, 0.2) is 36.9 Å². The maximum Gasteiger partial charge on any atom is 0.248 e. The number of nitrogens with zero attached hydrogens (tertiary/aromatic N) is 4. The number of aromatic nitrogens is 3. The molecule has 6 nitrogen and oxygen atoms in total. The van der Waals surface area contributed by atoms with Gasteiger partial charge in [-0.15, -0.1) is 0 Å². The Labute approximate surface area is 155 Å². The molecule has 6 heteroatoms. The molecule has 0 saturated carbocycles. The Balaban J connectivity index is 1.59. The van der Waals surface area contributed by atoms with Crippen molar-refractivity contribution in [3.63, 3.8) is 0 Å². The van der Waals surface area contributed by atoms with Gasteiger partial charge in [0.25, 0.3) is 0 Å². The van der Waals surface area contributed by atoms with Crippen LogP contribution >= 0.6 is 0 Å². The van der Waals surface area contributed by atoms with Crippen molar-refractivity contribution in [3.8, 4) is 0 Å². The quantitative estimate of drug-likeness (QED) is 0.683. The number of piperidine rings is 1. The van der Waals surface area contributed by atoms with Gasteiger partial charge in [-0.2, -0.15) is 0 Å². The van der Waals surface area contributed by atoms with Gasteiger partial charge in [-0.05, 0) is 37.0 Å². The van der Waals surface area contributed by atoms with E-state index in [1.807, 2.05) is 41.8 Å². The summed E-state index contributed by atoms with van der Waals surface area (Å²) in [7, 11) is 0. The molecular weight excluding hydrogens is 328 g/mol. The van der Waals surface area contributed by atoms with Crippen LogP contribution in [0.3, 0.4) is 0 Å². The molecule has 0 aromatic carbocycles. The van der Waals surface area contributed by atoms with Crippen LogP contribution < -0.4 is 0 Å². The molecule has 0 spiro atoms. The van der Waals surface area contributed by atoms with Gasteiger partial charge < -0.3 is 14.2 Å². The Morgan fingerprint density at radius 3 is 2.96 bits per heavy atom. The summed E-state index contributed by atoms with van der Waals surface area (Å²) < 4.78 is 7.69. The van der Waals surface area contributed by atoms with E-state index >= 15 is 0 Å². The van der Waals surface area contributed by atoms with Crippen LogP contribution in [0, 0.1) is 0 Å². The van der Waals surface area contributed by atoms with Gasteiger partial charge in [0.15, 0.2) is 0 Å². The first-order valence-electron chi connectivity index (χ1n) is 9.53. The molecule has 1 atom stereocenters. The zero-order valence-electron chi connectivity index (χ0n) is 15.5. The molecule has 0 aliphatic carbocycles. The number of carbonyl (C=O) groups is 1. The smallest absolute Gasteiger partial charge is 0.248 e. The molecule has 1 saturated heterocycles. The summed E-state index contributed by atoms with van der Waals surface area (Å²) in [6.45, 7) is 5.30. The number of unbranched alkanes of at least 4 members (excludes halogenated alkanes) is 1. The van der Waals surface area contributed by atoms with E-state index in [0.29, 0.717) is 6.61 Å². The van der Waals surface area contributed by atoms with Gasteiger partial charge in [-0.3, -0.25) is 9.78 Å². The van der Waals surface area contributed by atoms with Gasteiger partial charge in [0.1, 0.15) is 12.4 Å². The van der Waals surface area contributed by atoms with Crippen molar-refractivity contribution in [2.24, 2.45) is 0 Å². The van der Waals surface area contributed by atoms with E-state index in [4.69, 9.17) is 4.74 Å². The van der Waals surface area contributed by atoms with E-state index in [1.54, 1.807) is 0 Å². The summed E-state index contributed by atoms with van der Waals surface area (Å²) in [6.07, 6.45) is 11.6. The van der Waals surface area contributed by atoms with Gasteiger partial charge in [0.05, 0.1) is 0 Å². The highest BCUT2D eigenvalue weighted by molar-refractivity contribution is 5.77. The lowest BCUT2D eigenvalue weighted by atomic mass is 9.97. The largest absolute Gasteiger partial charge is 0.372 e. The summed E-state index contributed by atoms with van der Waals surface area (Å²) >= 11 is 0. The first-order valence-corrected chi connectivity index (χ1v) is 9.53. The molecule has 1 aliphatic heterocycles. The maximum atomic E-state index is 12.4. The summed E-state index contributed by atoms with van der Waals surface area (Å²) in [5.41, 5.74) is 1.20. The van der Waals surface area contributed by atoms with Crippen molar-refractivity contribution in [3.05, 3.63) is 48.3 Å². The van der Waals surface area contributed by atoms with Gasteiger partial charge in [-0.25, -0.2) is 4.98 Å². The van der Waals surface area contributed by atoms with E-state index in [0.717, 1.165) is 51.1 Å². The second-order valence-corrected chi connectivity index (χ2v) is 6.85. The second-order valence-electron chi connectivity index (χ2n) is 6.85. The summed E-state index contributed by atoms with van der Waals surface area (Å²) in [4.78, 5) is 23.0. The first kappa shape index (κ1) is 18.6. The van der Waals surface area contributed by atoms with Crippen molar-refractivity contribution in [1.29, 1.82) is 0 Å². The van der Waals surface area contributed by atoms with E-state index in [9.17, 15) is 4.79 Å². The number of pyridine rings is 1. The minimum Gasteiger partial charge on any atom is -0.372 e. The zero-order chi connectivity index (χ0) is 18.2. The van der Waals surface area contributed by atoms with Gasteiger partial charge in [0, 0.05) is 56.9 Å². The predicted molar refractivity (Wildman–Crippen MR) is 99.8 cm³/mol. The number of hydrogen-bond acceptors (Lipinski definition) is 4. The molecular formula is C20H28N4O2. The summed E-state index contributed by atoms with van der Waals surface area (Å²) in [5, 5.41) is 0. The third kappa shape index (κ3) is 4.91. The van der Waals surface area contributed by atoms with Gasteiger partial charge in [-0.1, -0.05) is 13.3 Å². The van der Waals surface area contributed by atoms with Crippen molar-refractivity contribution >= 4 is 5.91 Å². The Morgan fingerprint density at radius 1 is 1.31 bits per heavy atom. The predicted octanol–water partition coefficient (Wildman–Crippen LogP) is 2.85. The molecule has 3 heterocycles. The van der Waals surface area contributed by atoms with Crippen molar-refractivity contribution in [2.45, 2.75) is 45.1 Å². The second kappa shape index (κ2) is 9.48. The normalized spacial score (nSPS) is 17.4. The van der Waals surface area contributed by atoms with Crippen LogP contribution in [0.2, 0.25) is 0 Å². The SMILES string of the molecule is CCCCOCC(=O)N1CCCC(c2nccn2Cc2ccncc2)C1. The number of amides is 1. The maximum absolute atomic E-state index is 12.4. The van der Waals surface area contributed by atoms with Crippen molar-refractivity contribution < 1.29 is 9.53 Å². The van der Waals surface area contributed by atoms with Crippen LogP contribution in [-0.4, -0.2) is 51.6 Å². The molecule has 1 aliphatic rings. The van der Waals surface area contributed by atoms with E-state index in [1.165, 1.54) is 5.56 Å². The van der Waals surface area contributed by atoms with Crippen LogP contribution in [0.1, 0.15) is 49.9 Å². The molecule has 0 bridgehead atoms. The van der Waals surface area contributed by atoms with Crippen LogP contribution in [-0.2, 0) is 16.1 Å². The van der Waals surface area contributed by atoms with Crippen molar-refractivity contribution in [2.75, 3.05) is 26.3 Å². The lowest BCUT2D eigenvalue weighted by Crippen LogP contribution is -2.41. The highest BCUT2D eigenvalue weighted by atomic mass is 16.5. The number of carbonyl (C=O) groups excluding carboxylic acids is 1. The molecule has 1 fully saturated rings. The molecule has 26 heavy (non-hydrogen) atoms. The van der Waals surface area contributed by atoms with Crippen LogP contribution in [0.5, 0.6) is 0 Å². The Kier molecular flexibility index (Phi) is 6.77. The summed E-state index contributed by atoms with van der Waals surface area (Å²) in [6, 6.07) is 4.04. The van der Waals surface area contributed by atoms with E-state index < -0.39 is 0 Å². The molecule has 140 valence electrons. The van der Waals surface area contributed by atoms with Crippen molar-refractivity contribution in [1.82, 2.24) is 19.4 Å². The Hall–Kier alpha value is -2.21. The first-order chi connectivity index (χ1) is 12.8. The zero-order valence-corrected chi connectivity index (χ0v) is 15.5. The fourth-order valence-electron chi connectivity index (χ4n) is 3.41. The molecule has 2 aromatic rings. The molecule has 1 amide bonds. The molecule has 1 unspecified atom stereocenters. The third-order valence-electron chi connectivity index (χ3n) is 4.86. The minimum atomic E-state index is 0.0954. The number of imidazole rings is 1. The van der Waals surface area contributed by atoms with Crippen LogP contribution in [0.4, 0.5) is 0 Å². The van der Waals surface area contributed by atoms with Gasteiger partial charge >= 0.3 is 0 Å². The fraction of sp³-hybridized carbons (Fsp3) is 0.550. The fourth-order valence-corrected chi connectivity index (χ4v) is 3.41. The standard InChI is InChI=1S/C20H28N4O2/c1-2-3-13-26-16-19(25)23-11-4-5-18(15-23)20-22-10-12-24(20)14-17-6-8-21-9-7-17/h6-10,12,18H,2-5,11,13-16H2,1H3. The third-order valence-corrected chi connectivity index (χ3v) is 4.86. The number of ether oxygens (including phenoxy) is 1. The summed E-state index contributed by atoms with van der Waals surface area (Å²) in [5.74, 6) is 1.43. The van der Waals surface area contributed by atoms with E-state index in [2.05, 4.69) is 21.5 Å². The highest BCUT2D eigenvalue weighted by Gasteiger charge is 2.27. The Morgan fingerprint density at radius 2 is 2.15 bits per heavy atom. The average molecular weight is 356 g/mol. The number of rotatable bonds is 8. The molecule has 0 N–H and O–H groups in total. The monoisotopic (exact) mass is 356 g/mol. The lowest BCUT2D eigenvalue weighted by Gasteiger charge is -2.32. The Bertz CT molecular complexity index is 686. The molecule has 0 radical (unpaired) electrons. The molecule has 2 aromatic heterocycles. The molecule has 3 rings (SSSR count). The van der Waals surface area contributed by atoms with Gasteiger partial charge in [0.2, 0.25) is 5.91 Å². The van der Waals surface area contributed by atoms with Crippen LogP contribution in [0.25, 0.3) is 0 Å². The number of hydrogen-bond donors (Lipinski definition) is 0. The average Bonchev–Trinajstić information content (AvgIpc) is 3.14. The number of likely N-dealkylation sites (tertiary alicyclic amines) is 1. The lowest BCUT2D eigenvalue weighted by molar-refractivity contribution is -0.137. The minimum absolute atomic E-state index is 0.0954. The highest BCUT2D eigenvalue weighted by Crippen LogP contribution is 2.26.